The summed E-state index contributed by atoms with van der Waals surface area (Å²) in [6, 6.07) is 0. The molecule has 0 rings (SSSR count). The van der Waals surface area contributed by atoms with Gasteiger partial charge in [0.2, 0.25) is 0 Å². The Hall–Kier alpha value is 1.93. The van der Waals surface area contributed by atoms with E-state index in [9.17, 15) is 0 Å². The maximum Gasteiger partial charge on any atom is 0.0372 e. The molecule has 0 bridgehead atoms. The topological polar surface area (TPSA) is 0 Å². The van der Waals surface area contributed by atoms with Crippen molar-refractivity contribution in [3.05, 3.63) is 7.66 Å². The van der Waals surface area contributed by atoms with Crippen LogP contribution in [0.25, 0.3) is 0 Å². The maximum absolute atomic E-state index is 2.98. The molecule has 0 atom stereocenters. The molecule has 0 N–H and O–H groups in total. The first kappa shape index (κ1) is 7.93. The summed E-state index contributed by atoms with van der Waals surface area (Å²) in [6.07, 6.45) is 0. The molecule has 3 heteroatoms. The van der Waals surface area contributed by atoms with Crippen LogP contribution >= 0.6 is 67.8 Å². The summed E-state index contributed by atoms with van der Waals surface area (Å²) in [5, 5.41) is 0. The van der Waals surface area contributed by atoms with Crippen molar-refractivity contribution >= 4 is 67.8 Å². The van der Waals surface area contributed by atoms with Gasteiger partial charge in [-0.1, -0.05) is 22.6 Å². The Morgan fingerprint density at radius 3 is 2.17 bits per heavy atom. The maximum atomic E-state index is 2.98. The van der Waals surface area contributed by atoms with Crippen LogP contribution in [0.15, 0.2) is 3.58 Å². The minimum absolute atomic E-state index is 1.08. The van der Waals surface area contributed by atoms with Crippen LogP contribution in [0.4, 0.5) is 0 Å². The molecular formula is C3H2I3. The van der Waals surface area contributed by atoms with Crippen LogP contribution in [-0.4, -0.2) is 4.43 Å². The van der Waals surface area contributed by atoms with Gasteiger partial charge in [0.05, 0.1) is 0 Å². The molecule has 0 aliphatic heterocycles. The van der Waals surface area contributed by atoms with Crippen molar-refractivity contribution in [1.29, 1.82) is 0 Å². The van der Waals surface area contributed by atoms with Gasteiger partial charge in [-0.15, -0.1) is 0 Å². The molecule has 0 aromatic carbocycles. The molecule has 0 unspecified atom stereocenters. The first-order valence-corrected chi connectivity index (χ1v) is 4.93. The lowest BCUT2D eigenvalue weighted by Crippen LogP contribution is -1.62. The molecule has 1 radical (unpaired) electrons. The van der Waals surface area contributed by atoms with E-state index in [0.717, 1.165) is 4.43 Å². The zero-order valence-electron chi connectivity index (χ0n) is 2.84. The molecule has 0 saturated carbocycles. The number of halogens is 3. The smallest absolute Gasteiger partial charge is 0.0372 e. The van der Waals surface area contributed by atoms with E-state index in [4.69, 9.17) is 0 Å². The number of allylic oxidation sites excluding steroid dienone is 1. The zero-order valence-corrected chi connectivity index (χ0v) is 9.31. The number of hydrogen-bond donors (Lipinski definition) is 0. The van der Waals surface area contributed by atoms with Crippen molar-refractivity contribution in [3.8, 4) is 0 Å². The fourth-order valence-electron chi connectivity index (χ4n) is 0.0253. The quantitative estimate of drug-likeness (QED) is 0.454. The fraction of sp³-hybridized carbons (Fsp3) is 0.333. The van der Waals surface area contributed by atoms with Gasteiger partial charge in [-0.05, 0) is 45.2 Å². The van der Waals surface area contributed by atoms with Gasteiger partial charge >= 0.3 is 0 Å². The van der Waals surface area contributed by atoms with Gasteiger partial charge in [0, 0.05) is 12.1 Å². The van der Waals surface area contributed by atoms with E-state index >= 15 is 0 Å². The Labute approximate surface area is 78.6 Å². The van der Waals surface area contributed by atoms with E-state index in [1.165, 1.54) is 3.58 Å². The molecule has 0 aromatic rings. The molecule has 0 fully saturated rings. The van der Waals surface area contributed by atoms with Crippen molar-refractivity contribution in [3.63, 3.8) is 0 Å². The monoisotopic (exact) mass is 419 g/mol. The van der Waals surface area contributed by atoms with Gasteiger partial charge in [-0.25, -0.2) is 0 Å². The van der Waals surface area contributed by atoms with Crippen molar-refractivity contribution in [2.45, 2.75) is 0 Å². The minimum Gasteiger partial charge on any atom is -0.0806 e. The Morgan fingerprint density at radius 2 is 2.17 bits per heavy atom. The molecule has 6 heavy (non-hydrogen) atoms. The molecule has 0 spiro atoms. The first-order chi connectivity index (χ1) is 2.81. The van der Waals surface area contributed by atoms with Crippen molar-refractivity contribution < 1.29 is 0 Å². The average molecular weight is 419 g/mol. The lowest BCUT2D eigenvalue weighted by molar-refractivity contribution is 1.84. The van der Waals surface area contributed by atoms with Gasteiger partial charge < -0.3 is 0 Å². The van der Waals surface area contributed by atoms with E-state index in [2.05, 4.69) is 71.9 Å². The van der Waals surface area contributed by atoms with Crippen LogP contribution in [0.1, 0.15) is 0 Å². The highest BCUT2D eigenvalue weighted by Gasteiger charge is 1.79. The van der Waals surface area contributed by atoms with Crippen LogP contribution in [0, 0.1) is 4.08 Å². The number of alkyl halides is 1. The molecule has 0 heterocycles. The number of hydrogen-bond acceptors (Lipinski definition) is 0. The normalized spacial score (nSPS) is 12.2. The minimum atomic E-state index is 1.08. The van der Waals surface area contributed by atoms with Crippen molar-refractivity contribution in [2.75, 3.05) is 4.43 Å². The molecule has 35 valence electrons. The summed E-state index contributed by atoms with van der Waals surface area (Å²) in [7, 11) is 0. The molecule has 0 saturated heterocycles. The molecule has 0 amide bonds. The Balaban J connectivity index is 3.22. The highest BCUT2D eigenvalue weighted by Crippen LogP contribution is 2.09. The van der Waals surface area contributed by atoms with E-state index in [1.54, 1.807) is 0 Å². The summed E-state index contributed by atoms with van der Waals surface area (Å²) < 4.78 is 5.35. The second kappa shape index (κ2) is 5.07. The highest BCUT2D eigenvalue weighted by atomic mass is 127. The average Bonchev–Trinajstić information content (AvgIpc) is 1.65. The lowest BCUT2D eigenvalue weighted by Gasteiger charge is -1.78. The summed E-state index contributed by atoms with van der Waals surface area (Å²) >= 11 is 6.68. The fourth-order valence-corrected chi connectivity index (χ4v) is 1.14. The van der Waals surface area contributed by atoms with Crippen molar-refractivity contribution in [2.24, 2.45) is 0 Å². The second-order valence-corrected chi connectivity index (χ2v) is 3.24. The summed E-state index contributed by atoms with van der Waals surface area (Å²) in [6.45, 7) is 0. The van der Waals surface area contributed by atoms with E-state index in [-0.39, 0.29) is 0 Å². The van der Waals surface area contributed by atoms with Crippen LogP contribution in [0.5, 0.6) is 0 Å². The standard InChI is InChI=1S/C3H2I3/c4-1-3(6)2-5/h1H2. The van der Waals surface area contributed by atoms with Gasteiger partial charge in [0.1, 0.15) is 0 Å². The van der Waals surface area contributed by atoms with Crippen LogP contribution in [-0.2, 0) is 0 Å². The van der Waals surface area contributed by atoms with Gasteiger partial charge in [-0.3, -0.25) is 0 Å². The van der Waals surface area contributed by atoms with E-state index in [0.29, 0.717) is 0 Å². The molecular weight excluding hydrogens is 417 g/mol. The van der Waals surface area contributed by atoms with E-state index < -0.39 is 0 Å². The third-order valence-electron chi connectivity index (χ3n) is 0.220. The van der Waals surface area contributed by atoms with Crippen LogP contribution in [0.2, 0.25) is 0 Å². The van der Waals surface area contributed by atoms with E-state index in [1.807, 2.05) is 0 Å². The lowest BCUT2D eigenvalue weighted by atomic mass is 10.8. The Kier molecular flexibility index (Phi) is 6.71. The molecule has 0 aliphatic rings. The van der Waals surface area contributed by atoms with Crippen LogP contribution < -0.4 is 0 Å². The molecule has 0 nitrogen and oxygen atoms in total. The Morgan fingerprint density at radius 1 is 1.67 bits per heavy atom. The third-order valence-corrected chi connectivity index (χ3v) is 4.78. The summed E-state index contributed by atoms with van der Waals surface area (Å²) in [4.78, 5) is 0. The van der Waals surface area contributed by atoms with Gasteiger partial charge in [0.15, 0.2) is 0 Å². The zero-order chi connectivity index (χ0) is 4.99. The van der Waals surface area contributed by atoms with Gasteiger partial charge in [0.25, 0.3) is 0 Å². The summed E-state index contributed by atoms with van der Waals surface area (Å²) in [5.41, 5.74) is 0. The SMILES string of the molecule is I/[C]=C(\I)CI. The Bertz CT molecular complexity index is 57.1. The second-order valence-electron chi connectivity index (χ2n) is 0.633. The molecule has 0 aromatic heterocycles. The highest BCUT2D eigenvalue weighted by molar-refractivity contribution is 14.1. The summed E-state index contributed by atoms with van der Waals surface area (Å²) in [5.74, 6) is 0. The first-order valence-electron chi connectivity index (χ1n) is 1.25. The number of rotatable bonds is 1. The third kappa shape index (κ3) is 4.10. The largest absolute Gasteiger partial charge is 0.0806 e. The molecule has 0 aliphatic carbocycles. The predicted molar refractivity (Wildman–Crippen MR) is 53.7 cm³/mol. The van der Waals surface area contributed by atoms with Crippen LogP contribution in [0.3, 0.4) is 0 Å². The predicted octanol–water partition coefficient (Wildman–Crippen LogP) is 2.94. The van der Waals surface area contributed by atoms with Crippen molar-refractivity contribution in [1.82, 2.24) is 0 Å². The van der Waals surface area contributed by atoms with Gasteiger partial charge in [-0.2, -0.15) is 0 Å².